The van der Waals surface area contributed by atoms with Gasteiger partial charge in [0.2, 0.25) is 11.8 Å². The summed E-state index contributed by atoms with van der Waals surface area (Å²) in [5.41, 5.74) is 4.02. The van der Waals surface area contributed by atoms with E-state index in [0.717, 1.165) is 22.4 Å². The first-order chi connectivity index (χ1) is 17.9. The number of para-hydroxylation sites is 2. The lowest BCUT2D eigenvalue weighted by molar-refractivity contribution is 0.441. The predicted octanol–water partition coefficient (Wildman–Crippen LogP) is 7.02. The van der Waals surface area contributed by atoms with Gasteiger partial charge in [0.05, 0.1) is 22.3 Å². The van der Waals surface area contributed by atoms with Gasteiger partial charge in [-0.05, 0) is 35.2 Å². The van der Waals surface area contributed by atoms with Crippen LogP contribution < -0.4 is 10.2 Å². The maximum Gasteiger partial charge on any atom is 0.223 e. The van der Waals surface area contributed by atoms with Crippen LogP contribution in [-0.4, -0.2) is 19.5 Å². The molecule has 6 aromatic rings. The van der Waals surface area contributed by atoms with E-state index in [1.807, 2.05) is 24.3 Å². The molecule has 0 saturated carbocycles. The molecule has 0 atom stereocenters. The molecule has 0 bridgehead atoms. The van der Waals surface area contributed by atoms with Crippen molar-refractivity contribution in [2.75, 3.05) is 0 Å². The average molecular weight is 487 g/mol. The third-order valence-electron chi connectivity index (χ3n) is 6.50. The van der Waals surface area contributed by atoms with Crippen LogP contribution in [0.1, 0.15) is 26.3 Å². The third kappa shape index (κ3) is 4.16. The number of H-pyrrole nitrogens is 1. The predicted molar refractivity (Wildman–Crippen MR) is 148 cm³/mol. The Morgan fingerprint density at radius 2 is 1.49 bits per heavy atom. The molecule has 0 unspecified atom stereocenters. The summed E-state index contributed by atoms with van der Waals surface area (Å²) in [6, 6.07) is 27.7. The minimum Gasteiger partial charge on any atom is -0.421 e. The first kappa shape index (κ1) is 22.7. The zero-order chi connectivity index (χ0) is 25.6. The van der Waals surface area contributed by atoms with Crippen molar-refractivity contribution in [3.05, 3.63) is 113 Å². The second kappa shape index (κ2) is 8.75. The fraction of sp³-hybridized carbons (Fsp3) is 0.129. The number of pyridine rings is 3. The Hall–Kier alpha value is -4.71. The smallest absolute Gasteiger partial charge is 0.223 e. The Balaban J connectivity index is 1.51. The van der Waals surface area contributed by atoms with Gasteiger partial charge in [-0.25, -0.2) is 4.98 Å². The number of nitrogens with zero attached hydrogens (tertiary/aromatic N) is 3. The molecule has 6 rings (SSSR count). The molecule has 1 N–H and O–H groups in total. The van der Waals surface area contributed by atoms with Crippen LogP contribution in [0.3, 0.4) is 0 Å². The number of benzene rings is 2. The van der Waals surface area contributed by atoms with Crippen LogP contribution in [0.2, 0.25) is 0 Å². The van der Waals surface area contributed by atoms with Crippen LogP contribution >= 0.6 is 0 Å². The second-order valence-electron chi connectivity index (χ2n) is 10.1. The molecule has 0 fully saturated rings. The molecule has 0 aliphatic heterocycles. The fourth-order valence-electron chi connectivity index (χ4n) is 4.61. The molecule has 0 saturated heterocycles. The summed E-state index contributed by atoms with van der Waals surface area (Å²) in [6.45, 7) is 6.51. The molecule has 37 heavy (non-hydrogen) atoms. The zero-order valence-electron chi connectivity index (χ0n) is 20.9. The summed E-state index contributed by atoms with van der Waals surface area (Å²) >= 11 is 0. The monoisotopic (exact) mass is 486 g/mol. The SMILES string of the molecule is CC(C)(C)c1cc(Oc2cccc(-c3c[nH]ccc3=O)n2)nc(-n2c3ccccc3c3ccccc32)c1. The van der Waals surface area contributed by atoms with Crippen LogP contribution in [0.25, 0.3) is 38.9 Å². The molecular weight excluding hydrogens is 460 g/mol. The van der Waals surface area contributed by atoms with Crippen molar-refractivity contribution in [1.82, 2.24) is 19.5 Å². The number of hydrogen-bond donors (Lipinski definition) is 1. The van der Waals surface area contributed by atoms with Crippen molar-refractivity contribution < 1.29 is 4.74 Å². The number of fused-ring (bicyclic) bond motifs is 3. The molecular formula is C31H26N4O2. The van der Waals surface area contributed by atoms with Gasteiger partial charge in [-0.15, -0.1) is 0 Å². The van der Waals surface area contributed by atoms with Crippen molar-refractivity contribution >= 4 is 21.8 Å². The van der Waals surface area contributed by atoms with E-state index in [0.29, 0.717) is 23.0 Å². The summed E-state index contributed by atoms with van der Waals surface area (Å²) in [4.78, 5) is 24.8. The largest absolute Gasteiger partial charge is 0.421 e. The first-order valence-corrected chi connectivity index (χ1v) is 12.2. The number of rotatable bonds is 4. The van der Waals surface area contributed by atoms with Gasteiger partial charge in [0.15, 0.2) is 5.43 Å². The van der Waals surface area contributed by atoms with Gasteiger partial charge >= 0.3 is 0 Å². The summed E-state index contributed by atoms with van der Waals surface area (Å²) in [5.74, 6) is 1.58. The van der Waals surface area contributed by atoms with Gasteiger partial charge < -0.3 is 9.72 Å². The van der Waals surface area contributed by atoms with Crippen LogP contribution in [-0.2, 0) is 5.41 Å². The standard InChI is InChI=1S/C31H26N4O2/c1-31(2,3)20-17-28(35-25-12-6-4-9-21(25)22-10-5-7-13-26(22)35)34-30(18-20)37-29-14-8-11-24(33-29)23-19-32-16-15-27(23)36/h4-19H,1-3H3,(H,32,36). The van der Waals surface area contributed by atoms with Gasteiger partial charge in [-0.2, -0.15) is 4.98 Å². The zero-order valence-corrected chi connectivity index (χ0v) is 20.9. The normalized spacial score (nSPS) is 11.8. The maximum atomic E-state index is 12.3. The summed E-state index contributed by atoms with van der Waals surface area (Å²) < 4.78 is 8.41. The van der Waals surface area contributed by atoms with E-state index in [2.05, 4.69) is 77.8 Å². The molecule has 6 heteroatoms. The Labute approximate surface area is 214 Å². The fourth-order valence-corrected chi connectivity index (χ4v) is 4.61. The molecule has 4 aromatic heterocycles. The van der Waals surface area contributed by atoms with E-state index in [9.17, 15) is 4.79 Å². The number of aromatic nitrogens is 4. The van der Waals surface area contributed by atoms with Gasteiger partial charge in [0.25, 0.3) is 0 Å². The topological polar surface area (TPSA) is 72.8 Å². The highest BCUT2D eigenvalue weighted by Gasteiger charge is 2.20. The Bertz CT molecular complexity index is 1770. The summed E-state index contributed by atoms with van der Waals surface area (Å²) in [7, 11) is 0. The molecule has 2 aromatic carbocycles. The Morgan fingerprint density at radius 1 is 0.784 bits per heavy atom. The molecule has 0 aliphatic carbocycles. The lowest BCUT2D eigenvalue weighted by Gasteiger charge is -2.21. The second-order valence-corrected chi connectivity index (χ2v) is 10.1. The highest BCUT2D eigenvalue weighted by atomic mass is 16.5. The van der Waals surface area contributed by atoms with E-state index in [1.54, 1.807) is 24.5 Å². The maximum absolute atomic E-state index is 12.3. The number of nitrogens with one attached hydrogen (secondary N) is 1. The van der Waals surface area contributed by atoms with Crippen LogP contribution in [0.4, 0.5) is 0 Å². The van der Waals surface area contributed by atoms with Crippen molar-refractivity contribution in [2.24, 2.45) is 0 Å². The van der Waals surface area contributed by atoms with E-state index < -0.39 is 0 Å². The minimum absolute atomic E-state index is 0.107. The van der Waals surface area contributed by atoms with Crippen molar-refractivity contribution in [3.63, 3.8) is 0 Å². The van der Waals surface area contributed by atoms with Gasteiger partial charge in [-0.1, -0.05) is 63.2 Å². The highest BCUT2D eigenvalue weighted by Crippen LogP contribution is 2.34. The van der Waals surface area contributed by atoms with Crippen molar-refractivity contribution in [1.29, 1.82) is 0 Å². The Morgan fingerprint density at radius 3 is 2.16 bits per heavy atom. The molecule has 0 radical (unpaired) electrons. The molecule has 4 heterocycles. The molecule has 6 nitrogen and oxygen atoms in total. The quantitative estimate of drug-likeness (QED) is 0.291. The Kier molecular flexibility index (Phi) is 5.37. The molecule has 0 amide bonds. The lowest BCUT2D eigenvalue weighted by atomic mass is 9.87. The highest BCUT2D eigenvalue weighted by molar-refractivity contribution is 6.09. The van der Waals surface area contributed by atoms with Gasteiger partial charge in [0, 0.05) is 41.4 Å². The summed E-state index contributed by atoms with van der Waals surface area (Å²) in [5, 5.41) is 2.34. The minimum atomic E-state index is -0.138. The number of hydrogen-bond acceptors (Lipinski definition) is 4. The average Bonchev–Trinajstić information content (AvgIpc) is 3.23. The lowest BCUT2D eigenvalue weighted by Crippen LogP contribution is -2.13. The van der Waals surface area contributed by atoms with Gasteiger partial charge in [0.1, 0.15) is 5.82 Å². The van der Waals surface area contributed by atoms with Crippen LogP contribution in [0, 0.1) is 0 Å². The first-order valence-electron chi connectivity index (χ1n) is 12.2. The van der Waals surface area contributed by atoms with Crippen molar-refractivity contribution in [2.45, 2.75) is 26.2 Å². The van der Waals surface area contributed by atoms with E-state index in [-0.39, 0.29) is 10.8 Å². The van der Waals surface area contributed by atoms with Gasteiger partial charge in [-0.3, -0.25) is 9.36 Å². The van der Waals surface area contributed by atoms with Crippen LogP contribution in [0.15, 0.2) is 102 Å². The third-order valence-corrected chi connectivity index (χ3v) is 6.50. The summed E-state index contributed by atoms with van der Waals surface area (Å²) in [6.07, 6.45) is 3.25. The van der Waals surface area contributed by atoms with E-state index in [1.165, 1.54) is 16.8 Å². The van der Waals surface area contributed by atoms with E-state index in [4.69, 9.17) is 9.72 Å². The molecule has 0 spiro atoms. The van der Waals surface area contributed by atoms with Crippen LogP contribution in [0.5, 0.6) is 11.8 Å². The number of aromatic amines is 1. The molecule has 0 aliphatic rings. The molecule has 182 valence electrons. The number of ether oxygens (including phenoxy) is 1. The van der Waals surface area contributed by atoms with E-state index >= 15 is 0 Å². The van der Waals surface area contributed by atoms with Crippen molar-refractivity contribution in [3.8, 4) is 28.8 Å².